The first-order chi connectivity index (χ1) is 8.62. The van der Waals surface area contributed by atoms with Gasteiger partial charge in [-0.25, -0.2) is 18.1 Å². The Morgan fingerprint density at radius 1 is 1.21 bits per heavy atom. The average molecular weight is 326 g/mol. The van der Waals surface area contributed by atoms with Crippen LogP contribution >= 0.6 is 23.2 Å². The fraction of sp³-hybridized carbons (Fsp3) is 0.545. The van der Waals surface area contributed by atoms with Crippen LogP contribution in [0.5, 0.6) is 0 Å². The first kappa shape index (κ1) is 16.7. The zero-order chi connectivity index (χ0) is 14.7. The van der Waals surface area contributed by atoms with Gasteiger partial charge in [0.05, 0.1) is 0 Å². The summed E-state index contributed by atoms with van der Waals surface area (Å²) in [5, 5.41) is 3.19. The molecule has 1 aromatic rings. The third kappa shape index (κ3) is 5.62. The van der Waals surface area contributed by atoms with E-state index in [2.05, 4.69) is 15.0 Å². The molecule has 0 amide bonds. The molecule has 0 aliphatic rings. The average Bonchev–Trinajstić information content (AvgIpc) is 2.22. The Labute approximate surface area is 123 Å². The third-order valence-electron chi connectivity index (χ3n) is 2.14. The summed E-state index contributed by atoms with van der Waals surface area (Å²) < 4.78 is 26.4. The number of pyridine rings is 1. The number of halogens is 2. The Morgan fingerprint density at radius 2 is 1.84 bits per heavy atom. The van der Waals surface area contributed by atoms with Crippen LogP contribution in [0.3, 0.4) is 0 Å². The second-order valence-corrected chi connectivity index (χ2v) is 7.48. The highest BCUT2D eigenvalue weighted by Crippen LogP contribution is 2.20. The molecule has 108 valence electrons. The van der Waals surface area contributed by atoms with Crippen molar-refractivity contribution in [1.29, 1.82) is 0 Å². The van der Waals surface area contributed by atoms with Gasteiger partial charge in [-0.3, -0.25) is 0 Å². The quantitative estimate of drug-likeness (QED) is 0.642. The maximum Gasteiger partial charge on any atom is 0.243 e. The fourth-order valence-electron chi connectivity index (χ4n) is 1.30. The number of aromatic nitrogens is 1. The minimum absolute atomic E-state index is 0.0646. The number of nitrogens with one attached hydrogen (secondary N) is 2. The largest absolute Gasteiger partial charge is 0.311 e. The van der Waals surface area contributed by atoms with Gasteiger partial charge in [-0.15, -0.1) is 0 Å². The van der Waals surface area contributed by atoms with Crippen LogP contribution in [0.25, 0.3) is 0 Å². The lowest BCUT2D eigenvalue weighted by atomic mass is 10.1. The van der Waals surface area contributed by atoms with E-state index in [1.165, 1.54) is 12.1 Å². The summed E-state index contributed by atoms with van der Waals surface area (Å²) in [5.74, 6) is 0. The Bertz CT molecular complexity index is 541. The summed E-state index contributed by atoms with van der Waals surface area (Å²) in [6.45, 7) is 6.78. The van der Waals surface area contributed by atoms with Gasteiger partial charge in [0.25, 0.3) is 0 Å². The minimum Gasteiger partial charge on any atom is -0.311 e. The van der Waals surface area contributed by atoms with Crippen molar-refractivity contribution in [2.45, 2.75) is 31.2 Å². The molecular weight excluding hydrogens is 309 g/mol. The number of rotatable bonds is 5. The maximum absolute atomic E-state index is 12.0. The summed E-state index contributed by atoms with van der Waals surface area (Å²) in [4.78, 5) is 3.63. The topological polar surface area (TPSA) is 71.1 Å². The molecule has 0 saturated heterocycles. The predicted octanol–water partition coefficient (Wildman–Crippen LogP) is 2.05. The number of hydrogen-bond acceptors (Lipinski definition) is 4. The molecule has 0 atom stereocenters. The first-order valence-electron chi connectivity index (χ1n) is 5.68. The summed E-state index contributed by atoms with van der Waals surface area (Å²) in [6.07, 6.45) is 0. The van der Waals surface area contributed by atoms with Crippen molar-refractivity contribution >= 4 is 33.2 Å². The van der Waals surface area contributed by atoms with E-state index in [1.54, 1.807) is 0 Å². The Balaban J connectivity index is 2.66. The van der Waals surface area contributed by atoms with Gasteiger partial charge in [0.15, 0.2) is 5.15 Å². The second-order valence-electron chi connectivity index (χ2n) is 5.00. The van der Waals surface area contributed by atoms with Crippen molar-refractivity contribution < 1.29 is 8.42 Å². The molecule has 0 bridgehead atoms. The molecule has 1 heterocycles. The molecule has 0 fully saturated rings. The van der Waals surface area contributed by atoms with Gasteiger partial charge in [-0.05, 0) is 32.9 Å². The molecule has 1 aromatic heterocycles. The van der Waals surface area contributed by atoms with Gasteiger partial charge in [-0.1, -0.05) is 23.2 Å². The van der Waals surface area contributed by atoms with Gasteiger partial charge >= 0.3 is 0 Å². The Hall–Kier alpha value is -0.400. The summed E-state index contributed by atoms with van der Waals surface area (Å²) in [7, 11) is -3.67. The second kappa shape index (κ2) is 6.37. The van der Waals surface area contributed by atoms with Crippen LogP contribution in [-0.4, -0.2) is 32.0 Å². The molecule has 0 aromatic carbocycles. The lowest BCUT2D eigenvalue weighted by molar-refractivity contribution is 0.428. The lowest BCUT2D eigenvalue weighted by Crippen LogP contribution is -2.41. The first-order valence-corrected chi connectivity index (χ1v) is 7.92. The summed E-state index contributed by atoms with van der Waals surface area (Å²) in [5.41, 5.74) is -0.0646. The molecule has 0 radical (unpaired) electrons. The van der Waals surface area contributed by atoms with Crippen LogP contribution in [0, 0.1) is 0 Å². The van der Waals surface area contributed by atoms with Gasteiger partial charge in [0.2, 0.25) is 10.0 Å². The van der Waals surface area contributed by atoms with Crippen molar-refractivity contribution in [1.82, 2.24) is 15.0 Å². The molecule has 5 nitrogen and oxygen atoms in total. The van der Waals surface area contributed by atoms with E-state index >= 15 is 0 Å². The SMILES string of the molecule is CC(C)(C)NCCNS(=O)(=O)c1ccc(Cl)nc1Cl. The smallest absolute Gasteiger partial charge is 0.243 e. The van der Waals surface area contributed by atoms with Crippen molar-refractivity contribution in [3.63, 3.8) is 0 Å². The molecule has 2 N–H and O–H groups in total. The Morgan fingerprint density at radius 3 is 2.37 bits per heavy atom. The zero-order valence-corrected chi connectivity index (χ0v) is 13.3. The molecule has 0 aliphatic carbocycles. The van der Waals surface area contributed by atoms with E-state index in [4.69, 9.17) is 23.2 Å². The van der Waals surface area contributed by atoms with Crippen molar-refractivity contribution in [2.24, 2.45) is 0 Å². The third-order valence-corrected chi connectivity index (χ3v) is 4.25. The van der Waals surface area contributed by atoms with Crippen LogP contribution in [-0.2, 0) is 10.0 Å². The normalized spacial score (nSPS) is 12.7. The van der Waals surface area contributed by atoms with Gasteiger partial charge in [0.1, 0.15) is 10.0 Å². The van der Waals surface area contributed by atoms with Crippen LogP contribution in [0.15, 0.2) is 17.0 Å². The Kier molecular flexibility index (Phi) is 5.58. The molecule has 1 rings (SSSR count). The zero-order valence-electron chi connectivity index (χ0n) is 11.0. The molecule has 0 unspecified atom stereocenters. The highest BCUT2D eigenvalue weighted by molar-refractivity contribution is 7.89. The van der Waals surface area contributed by atoms with E-state index in [-0.39, 0.29) is 27.3 Å². The molecule has 19 heavy (non-hydrogen) atoms. The maximum atomic E-state index is 12.0. The van der Waals surface area contributed by atoms with Gasteiger partial charge < -0.3 is 5.32 Å². The monoisotopic (exact) mass is 325 g/mol. The molecular formula is C11H17Cl2N3O2S. The van der Waals surface area contributed by atoms with Crippen LogP contribution in [0.1, 0.15) is 20.8 Å². The molecule has 8 heteroatoms. The van der Waals surface area contributed by atoms with E-state index < -0.39 is 10.0 Å². The van der Waals surface area contributed by atoms with Crippen LogP contribution in [0.4, 0.5) is 0 Å². The van der Waals surface area contributed by atoms with Crippen LogP contribution < -0.4 is 10.0 Å². The van der Waals surface area contributed by atoms with Crippen LogP contribution in [0.2, 0.25) is 10.3 Å². The standard InChI is InChI=1S/C11H17Cl2N3O2S/c1-11(2,3)14-6-7-15-19(17,18)8-4-5-9(12)16-10(8)13/h4-5,14-15H,6-7H2,1-3H3. The van der Waals surface area contributed by atoms with Crippen molar-refractivity contribution in [3.8, 4) is 0 Å². The van der Waals surface area contributed by atoms with Gasteiger partial charge in [-0.2, -0.15) is 0 Å². The van der Waals surface area contributed by atoms with Gasteiger partial charge in [0, 0.05) is 18.6 Å². The number of sulfonamides is 1. The number of nitrogens with zero attached hydrogens (tertiary/aromatic N) is 1. The van der Waals surface area contributed by atoms with Crippen molar-refractivity contribution in [3.05, 3.63) is 22.4 Å². The van der Waals surface area contributed by atoms with E-state index in [1.807, 2.05) is 20.8 Å². The predicted molar refractivity (Wildman–Crippen MR) is 77.2 cm³/mol. The highest BCUT2D eigenvalue weighted by atomic mass is 35.5. The molecule has 0 aliphatic heterocycles. The summed E-state index contributed by atoms with van der Waals surface area (Å²) >= 11 is 11.4. The number of hydrogen-bond donors (Lipinski definition) is 2. The van der Waals surface area contributed by atoms with E-state index in [9.17, 15) is 8.42 Å². The van der Waals surface area contributed by atoms with Crippen molar-refractivity contribution in [2.75, 3.05) is 13.1 Å². The summed E-state index contributed by atoms with van der Waals surface area (Å²) in [6, 6.07) is 2.71. The minimum atomic E-state index is -3.67. The van der Waals surface area contributed by atoms with E-state index in [0.29, 0.717) is 6.54 Å². The molecule has 0 saturated carbocycles. The lowest BCUT2D eigenvalue weighted by Gasteiger charge is -2.20. The molecule has 0 spiro atoms. The van der Waals surface area contributed by atoms with E-state index in [0.717, 1.165) is 0 Å². The fourth-order valence-corrected chi connectivity index (χ4v) is 2.99. The highest BCUT2D eigenvalue weighted by Gasteiger charge is 2.19.